The third-order valence-electron chi connectivity index (χ3n) is 3.27. The van der Waals surface area contributed by atoms with Gasteiger partial charge < -0.3 is 8.83 Å². The lowest BCUT2D eigenvalue weighted by Crippen LogP contribution is -2.13. The van der Waals surface area contributed by atoms with E-state index in [-0.39, 0.29) is 11.6 Å². The fourth-order valence-electron chi connectivity index (χ4n) is 2.03. The van der Waals surface area contributed by atoms with Crippen LogP contribution < -0.4 is 0 Å². The van der Waals surface area contributed by atoms with Crippen LogP contribution in [0.1, 0.15) is 23.0 Å². The fourth-order valence-corrected chi connectivity index (χ4v) is 2.79. The molecule has 0 amide bonds. The molecule has 7 heteroatoms. The topological polar surface area (TPSA) is 69.1 Å². The number of halogens is 1. The predicted molar refractivity (Wildman–Crippen MR) is 82.8 cm³/mol. The molecule has 118 valence electrons. The van der Waals surface area contributed by atoms with Gasteiger partial charge in [0.15, 0.2) is 5.78 Å². The second-order valence-corrected chi connectivity index (χ2v) is 6.19. The molecule has 0 radical (unpaired) electrons. The van der Waals surface area contributed by atoms with E-state index in [2.05, 4.69) is 10.2 Å². The Hall–Kier alpha value is -2.41. The summed E-state index contributed by atoms with van der Waals surface area (Å²) >= 11 is 1.16. The molecule has 0 aliphatic rings. The molecule has 0 aliphatic heterocycles. The number of furan rings is 1. The van der Waals surface area contributed by atoms with Crippen LogP contribution in [0.5, 0.6) is 0 Å². The van der Waals surface area contributed by atoms with Gasteiger partial charge in [-0.25, -0.2) is 4.39 Å². The summed E-state index contributed by atoms with van der Waals surface area (Å²) in [7, 11) is 0. The molecule has 3 rings (SSSR count). The van der Waals surface area contributed by atoms with Crippen molar-refractivity contribution >= 4 is 17.5 Å². The van der Waals surface area contributed by atoms with E-state index in [1.807, 2.05) is 0 Å². The number of thioether (sulfide) groups is 1. The van der Waals surface area contributed by atoms with Gasteiger partial charge in [0.2, 0.25) is 0 Å². The third-order valence-corrected chi connectivity index (χ3v) is 4.21. The van der Waals surface area contributed by atoms with Gasteiger partial charge in [0.25, 0.3) is 11.1 Å². The van der Waals surface area contributed by atoms with E-state index in [1.165, 1.54) is 24.3 Å². The number of benzene rings is 1. The molecule has 0 spiro atoms. The number of carbonyl (C=O) groups excluding carboxylic acids is 1. The van der Waals surface area contributed by atoms with Gasteiger partial charge in [0, 0.05) is 5.56 Å². The smallest absolute Gasteiger partial charge is 0.277 e. The zero-order valence-electron chi connectivity index (χ0n) is 12.4. The first-order chi connectivity index (χ1) is 11.0. The highest BCUT2D eigenvalue weighted by molar-refractivity contribution is 8.00. The molecule has 1 aromatic carbocycles. The average Bonchev–Trinajstić information content (AvgIpc) is 3.16. The molecule has 2 heterocycles. The van der Waals surface area contributed by atoms with Gasteiger partial charge in [0.1, 0.15) is 11.6 Å². The Morgan fingerprint density at radius 1 is 1.22 bits per heavy atom. The molecule has 3 aromatic rings. The van der Waals surface area contributed by atoms with Gasteiger partial charge in [-0.2, -0.15) is 0 Å². The largest absolute Gasteiger partial charge is 0.469 e. The number of rotatable bonds is 5. The van der Waals surface area contributed by atoms with Gasteiger partial charge >= 0.3 is 0 Å². The summed E-state index contributed by atoms with van der Waals surface area (Å²) in [5, 5.41) is 7.76. The van der Waals surface area contributed by atoms with Crippen LogP contribution in [0.4, 0.5) is 4.39 Å². The lowest BCUT2D eigenvalue weighted by atomic mass is 10.1. The third kappa shape index (κ3) is 3.34. The van der Waals surface area contributed by atoms with Crippen LogP contribution in [0.15, 0.2) is 50.7 Å². The second kappa shape index (κ2) is 6.37. The van der Waals surface area contributed by atoms with Crippen LogP contribution in [-0.4, -0.2) is 21.2 Å². The van der Waals surface area contributed by atoms with E-state index < -0.39 is 5.25 Å². The Morgan fingerprint density at radius 2 is 1.96 bits per heavy atom. The number of aryl methyl sites for hydroxylation is 1. The van der Waals surface area contributed by atoms with Crippen LogP contribution in [0.2, 0.25) is 0 Å². The van der Waals surface area contributed by atoms with Crippen molar-refractivity contribution in [3.63, 3.8) is 0 Å². The van der Waals surface area contributed by atoms with Gasteiger partial charge in [-0.1, -0.05) is 11.8 Å². The number of carbonyl (C=O) groups is 1. The van der Waals surface area contributed by atoms with Crippen LogP contribution in [0.3, 0.4) is 0 Å². The van der Waals surface area contributed by atoms with Crippen LogP contribution in [0.25, 0.3) is 11.5 Å². The highest BCUT2D eigenvalue weighted by Gasteiger charge is 2.21. The molecule has 0 fully saturated rings. The van der Waals surface area contributed by atoms with E-state index in [9.17, 15) is 9.18 Å². The molecule has 1 atom stereocenters. The van der Waals surface area contributed by atoms with Crippen molar-refractivity contribution in [2.75, 3.05) is 0 Å². The highest BCUT2D eigenvalue weighted by Crippen LogP contribution is 2.29. The van der Waals surface area contributed by atoms with E-state index in [4.69, 9.17) is 8.83 Å². The minimum Gasteiger partial charge on any atom is -0.469 e. The minimum absolute atomic E-state index is 0.130. The Labute approximate surface area is 135 Å². The van der Waals surface area contributed by atoms with Crippen molar-refractivity contribution in [2.24, 2.45) is 0 Å². The molecule has 0 saturated heterocycles. The van der Waals surface area contributed by atoms with Gasteiger partial charge in [-0.05, 0) is 44.2 Å². The Bertz CT molecular complexity index is 826. The normalized spacial score (nSPS) is 12.3. The summed E-state index contributed by atoms with van der Waals surface area (Å²) in [6.45, 7) is 3.54. The second-order valence-electron chi connectivity index (χ2n) is 4.89. The summed E-state index contributed by atoms with van der Waals surface area (Å²) in [6, 6.07) is 7.18. The van der Waals surface area contributed by atoms with Crippen molar-refractivity contribution in [3.8, 4) is 11.5 Å². The Kier molecular flexibility index (Phi) is 4.29. The molecular weight excluding hydrogens is 319 g/mol. The molecule has 2 aromatic heterocycles. The minimum atomic E-state index is -0.431. The predicted octanol–water partition coefficient (Wildman–Crippen LogP) is 4.14. The zero-order chi connectivity index (χ0) is 16.4. The number of ketones is 1. The standard InChI is InChI=1S/C16H13FN2O3S/c1-9-13(7-8-21-9)15-18-19-16(22-15)23-10(2)14(20)11-3-5-12(17)6-4-11/h3-8,10H,1-2H3. The molecule has 0 saturated carbocycles. The molecule has 5 nitrogen and oxygen atoms in total. The van der Waals surface area contributed by atoms with Crippen molar-refractivity contribution < 1.29 is 18.0 Å². The first-order valence-corrected chi connectivity index (χ1v) is 7.77. The number of Topliss-reactive ketones (excluding diaryl/α,β-unsaturated/α-hetero) is 1. The quantitative estimate of drug-likeness (QED) is 0.516. The molecule has 1 unspecified atom stereocenters. The van der Waals surface area contributed by atoms with Crippen molar-refractivity contribution in [2.45, 2.75) is 24.3 Å². The lowest BCUT2D eigenvalue weighted by molar-refractivity contribution is 0.0993. The molecule has 0 N–H and O–H groups in total. The summed E-state index contributed by atoms with van der Waals surface area (Å²) in [5.74, 6) is 0.522. The first kappa shape index (κ1) is 15.5. The van der Waals surface area contributed by atoms with Crippen LogP contribution in [-0.2, 0) is 0 Å². The SMILES string of the molecule is Cc1occc1-c1nnc(SC(C)C(=O)c2ccc(F)cc2)o1. The summed E-state index contributed by atoms with van der Waals surface area (Å²) in [6.07, 6.45) is 1.54. The Morgan fingerprint density at radius 3 is 2.61 bits per heavy atom. The van der Waals surface area contributed by atoms with Gasteiger partial charge in [-0.15, -0.1) is 10.2 Å². The van der Waals surface area contributed by atoms with Gasteiger partial charge in [0.05, 0.1) is 17.1 Å². The maximum atomic E-state index is 12.9. The monoisotopic (exact) mass is 332 g/mol. The van der Waals surface area contributed by atoms with E-state index in [0.717, 1.165) is 17.3 Å². The average molecular weight is 332 g/mol. The van der Waals surface area contributed by atoms with E-state index in [0.29, 0.717) is 22.4 Å². The summed E-state index contributed by atoms with van der Waals surface area (Å²) in [4.78, 5) is 12.3. The first-order valence-electron chi connectivity index (χ1n) is 6.89. The van der Waals surface area contributed by atoms with Crippen molar-refractivity contribution in [3.05, 3.63) is 53.7 Å². The number of nitrogens with zero attached hydrogens (tertiary/aromatic N) is 2. The van der Waals surface area contributed by atoms with E-state index in [1.54, 1.807) is 26.2 Å². The van der Waals surface area contributed by atoms with Crippen molar-refractivity contribution in [1.82, 2.24) is 10.2 Å². The zero-order valence-corrected chi connectivity index (χ0v) is 13.3. The number of aromatic nitrogens is 2. The molecule has 23 heavy (non-hydrogen) atoms. The van der Waals surface area contributed by atoms with Crippen LogP contribution >= 0.6 is 11.8 Å². The molecule has 0 bridgehead atoms. The number of hydrogen-bond acceptors (Lipinski definition) is 6. The summed E-state index contributed by atoms with van der Waals surface area (Å²) in [5.41, 5.74) is 1.17. The molecular formula is C16H13FN2O3S. The van der Waals surface area contributed by atoms with Crippen molar-refractivity contribution in [1.29, 1.82) is 0 Å². The summed E-state index contributed by atoms with van der Waals surface area (Å²) < 4.78 is 23.7. The van der Waals surface area contributed by atoms with E-state index >= 15 is 0 Å². The van der Waals surface area contributed by atoms with Crippen LogP contribution in [0, 0.1) is 12.7 Å². The molecule has 0 aliphatic carbocycles. The fraction of sp³-hybridized carbons (Fsp3) is 0.188. The maximum absolute atomic E-state index is 12.9. The Balaban J connectivity index is 1.72. The maximum Gasteiger partial charge on any atom is 0.277 e. The van der Waals surface area contributed by atoms with Gasteiger partial charge in [-0.3, -0.25) is 4.79 Å². The number of hydrogen-bond donors (Lipinski definition) is 0. The lowest BCUT2D eigenvalue weighted by Gasteiger charge is -2.07. The highest BCUT2D eigenvalue weighted by atomic mass is 32.2.